The lowest BCUT2D eigenvalue weighted by Gasteiger charge is -2.00. The predicted octanol–water partition coefficient (Wildman–Crippen LogP) is 2.32. The molecule has 3 radical (unpaired) electrons. The standard InChI is InChI=1S/C2HF5.CF/c3-1(4)2(5,6)7;1-2/h1H;. The molecule has 0 nitrogen and oxygen atoms in total. The summed E-state index contributed by atoms with van der Waals surface area (Å²) in [4.78, 5) is 0. The van der Waals surface area contributed by atoms with Crippen LogP contribution in [0.1, 0.15) is 0 Å². The van der Waals surface area contributed by atoms with Gasteiger partial charge in [-0.1, -0.05) is 0 Å². The molecule has 0 saturated heterocycles. The first-order valence-electron chi connectivity index (χ1n) is 1.48. The van der Waals surface area contributed by atoms with Gasteiger partial charge in [0.25, 0.3) is 0 Å². The van der Waals surface area contributed by atoms with Gasteiger partial charge in [0.05, 0.1) is 0 Å². The van der Waals surface area contributed by atoms with Crippen LogP contribution < -0.4 is 0 Å². The Morgan fingerprint density at radius 3 is 1.11 bits per heavy atom. The minimum atomic E-state index is -5.33. The first-order valence-corrected chi connectivity index (χ1v) is 1.48. The van der Waals surface area contributed by atoms with Crippen molar-refractivity contribution in [2.75, 3.05) is 0 Å². The fourth-order valence-electron chi connectivity index (χ4n) is 0. The second-order valence-electron chi connectivity index (χ2n) is 0.842. The van der Waals surface area contributed by atoms with Crippen molar-refractivity contribution in [3.8, 4) is 0 Å². The number of hydrogen-bond acceptors (Lipinski definition) is 0. The van der Waals surface area contributed by atoms with Gasteiger partial charge in [0, 0.05) is 0 Å². The summed E-state index contributed by atoms with van der Waals surface area (Å²) in [6.45, 7) is 0. The van der Waals surface area contributed by atoms with E-state index in [2.05, 4.69) is 7.18 Å². The molecule has 0 spiro atoms. The highest BCUT2D eigenvalue weighted by molar-refractivity contribution is 4.48. The van der Waals surface area contributed by atoms with E-state index in [4.69, 9.17) is 4.39 Å². The van der Waals surface area contributed by atoms with Crippen LogP contribution in [0.3, 0.4) is 0 Å². The normalized spacial score (nSPS) is 10.7. The summed E-state index contributed by atoms with van der Waals surface area (Å²) in [5.41, 5.74) is 0. The van der Waals surface area contributed by atoms with Crippen LogP contribution in [0.4, 0.5) is 26.3 Å². The Morgan fingerprint density at radius 1 is 1.00 bits per heavy atom. The summed E-state index contributed by atoms with van der Waals surface area (Å²) in [7, 11) is 4.25. The minimum absolute atomic E-state index is 4.20. The molecule has 9 heavy (non-hydrogen) atoms. The molecule has 6 heteroatoms. The second kappa shape index (κ2) is 4.46. The molecular formula is C3HF6. The SMILES string of the molecule is FC(F)C(F)(F)F.[C]F. The summed E-state index contributed by atoms with van der Waals surface area (Å²) in [5.74, 6) is 0. The summed E-state index contributed by atoms with van der Waals surface area (Å²) < 4.78 is 60.9. The van der Waals surface area contributed by atoms with Crippen molar-refractivity contribution < 1.29 is 26.3 Å². The van der Waals surface area contributed by atoms with Gasteiger partial charge in [-0.15, -0.1) is 0 Å². The number of hydrogen-bond donors (Lipinski definition) is 0. The number of rotatable bonds is 0. The largest absolute Gasteiger partial charge is 0.450 e. The fraction of sp³-hybridized carbons (Fsp3) is 0.667. The summed E-state index contributed by atoms with van der Waals surface area (Å²) in [5, 5.41) is 0. The van der Waals surface area contributed by atoms with Crippen LogP contribution in [0.15, 0.2) is 0 Å². The highest BCUT2D eigenvalue weighted by Crippen LogP contribution is 2.22. The van der Waals surface area contributed by atoms with Crippen LogP contribution in [0.5, 0.6) is 0 Å². The zero-order valence-corrected chi connectivity index (χ0v) is 3.85. The Bertz CT molecular complexity index is 53.8. The molecule has 0 N–H and O–H groups in total. The lowest BCUT2D eigenvalue weighted by atomic mass is 10.7. The van der Waals surface area contributed by atoms with Crippen LogP contribution >= 0.6 is 0 Å². The smallest absolute Gasteiger partial charge is 0.232 e. The second-order valence-corrected chi connectivity index (χ2v) is 0.842. The van der Waals surface area contributed by atoms with E-state index in [0.29, 0.717) is 0 Å². The number of halogens is 6. The molecule has 0 amide bonds. The fourth-order valence-corrected chi connectivity index (χ4v) is 0. The molecule has 0 unspecified atom stereocenters. The first-order chi connectivity index (χ1) is 3.94. The lowest BCUT2D eigenvalue weighted by molar-refractivity contribution is -0.219. The van der Waals surface area contributed by atoms with E-state index in [1.54, 1.807) is 0 Å². The molecule has 0 aromatic rings. The third kappa shape index (κ3) is 7.58. The van der Waals surface area contributed by atoms with Gasteiger partial charge >= 0.3 is 12.6 Å². The maximum Gasteiger partial charge on any atom is 0.450 e. The average Bonchev–Trinajstić information content (AvgIpc) is 1.69. The van der Waals surface area contributed by atoms with Crippen molar-refractivity contribution in [3.05, 3.63) is 7.18 Å². The summed E-state index contributed by atoms with van der Waals surface area (Å²) in [6, 6.07) is 0. The van der Waals surface area contributed by atoms with E-state index in [1.807, 2.05) is 0 Å². The Balaban J connectivity index is 0. The van der Waals surface area contributed by atoms with Crippen molar-refractivity contribution >= 4 is 0 Å². The molecule has 0 aromatic carbocycles. The molecule has 0 aliphatic carbocycles. The van der Waals surface area contributed by atoms with Crippen LogP contribution in [-0.4, -0.2) is 12.6 Å². The van der Waals surface area contributed by atoms with E-state index in [0.717, 1.165) is 0 Å². The van der Waals surface area contributed by atoms with Crippen molar-refractivity contribution in [1.29, 1.82) is 0 Å². The molecule has 0 aliphatic rings. The molecule has 0 aliphatic heterocycles. The lowest BCUT2D eigenvalue weighted by Crippen LogP contribution is -2.18. The molecule has 55 valence electrons. The Morgan fingerprint density at radius 2 is 1.11 bits per heavy atom. The van der Waals surface area contributed by atoms with Crippen molar-refractivity contribution in [2.45, 2.75) is 12.6 Å². The van der Waals surface area contributed by atoms with Crippen LogP contribution in [0.2, 0.25) is 0 Å². The molecular weight excluding hydrogens is 150 g/mol. The maximum absolute atomic E-state index is 10.4. The van der Waals surface area contributed by atoms with E-state index >= 15 is 0 Å². The minimum Gasteiger partial charge on any atom is -0.232 e. The Hall–Kier alpha value is -0.420. The van der Waals surface area contributed by atoms with E-state index in [-0.39, 0.29) is 0 Å². The molecule has 0 saturated carbocycles. The summed E-state index contributed by atoms with van der Waals surface area (Å²) in [6.07, 6.45) is -9.53. The van der Waals surface area contributed by atoms with Crippen LogP contribution in [0.25, 0.3) is 0 Å². The highest BCUT2D eigenvalue weighted by Gasteiger charge is 2.40. The molecule has 0 rings (SSSR count). The van der Waals surface area contributed by atoms with Gasteiger partial charge < -0.3 is 0 Å². The van der Waals surface area contributed by atoms with Crippen molar-refractivity contribution in [2.24, 2.45) is 0 Å². The first kappa shape index (κ1) is 11.4. The highest BCUT2D eigenvalue weighted by atomic mass is 19.4. The monoisotopic (exact) mass is 151 g/mol. The zero-order valence-electron chi connectivity index (χ0n) is 3.85. The molecule has 0 heterocycles. The van der Waals surface area contributed by atoms with E-state index in [9.17, 15) is 22.0 Å². The van der Waals surface area contributed by atoms with Gasteiger partial charge in [0.15, 0.2) is 0 Å². The van der Waals surface area contributed by atoms with Gasteiger partial charge in [-0.05, 0) is 0 Å². The van der Waals surface area contributed by atoms with Gasteiger partial charge in [0.1, 0.15) is 0 Å². The Labute approximate surface area is 47.5 Å². The predicted molar refractivity (Wildman–Crippen MR) is 16.4 cm³/mol. The zero-order chi connectivity index (χ0) is 8.08. The van der Waals surface area contributed by atoms with E-state index in [1.165, 1.54) is 0 Å². The van der Waals surface area contributed by atoms with E-state index < -0.39 is 12.6 Å². The maximum atomic E-state index is 10.4. The van der Waals surface area contributed by atoms with Crippen LogP contribution in [-0.2, 0) is 0 Å². The molecule has 0 bridgehead atoms. The van der Waals surface area contributed by atoms with Crippen LogP contribution in [0, 0.1) is 7.18 Å². The van der Waals surface area contributed by atoms with Crippen molar-refractivity contribution in [3.63, 3.8) is 0 Å². The molecule has 0 fully saturated rings. The molecule has 0 aromatic heterocycles. The third-order valence-corrected chi connectivity index (χ3v) is 0.247. The Kier molecular flexibility index (Phi) is 5.64. The average molecular weight is 151 g/mol. The van der Waals surface area contributed by atoms with Gasteiger partial charge in [-0.25, -0.2) is 13.2 Å². The third-order valence-electron chi connectivity index (χ3n) is 0.247. The van der Waals surface area contributed by atoms with Gasteiger partial charge in [-0.3, -0.25) is 0 Å². The quantitative estimate of drug-likeness (QED) is 0.466. The topological polar surface area (TPSA) is 0 Å². The van der Waals surface area contributed by atoms with Crippen molar-refractivity contribution in [1.82, 2.24) is 0 Å². The van der Waals surface area contributed by atoms with Gasteiger partial charge in [0.2, 0.25) is 7.18 Å². The number of alkyl halides is 5. The van der Waals surface area contributed by atoms with Gasteiger partial charge in [-0.2, -0.15) is 13.2 Å². The summed E-state index contributed by atoms with van der Waals surface area (Å²) >= 11 is 0. The molecule has 0 atom stereocenters.